The van der Waals surface area contributed by atoms with Crippen LogP contribution >= 0.6 is 0 Å². The summed E-state index contributed by atoms with van der Waals surface area (Å²) in [6.45, 7) is 0.340. The Morgan fingerprint density at radius 1 is 1.17 bits per heavy atom. The molecule has 2 aromatic carbocycles. The number of benzene rings is 2. The van der Waals surface area contributed by atoms with E-state index in [0.29, 0.717) is 19.4 Å². The van der Waals surface area contributed by atoms with Crippen molar-refractivity contribution in [2.75, 3.05) is 11.9 Å². The van der Waals surface area contributed by atoms with Gasteiger partial charge in [0.15, 0.2) is 5.82 Å². The fourth-order valence-electron chi connectivity index (χ4n) is 3.34. The van der Waals surface area contributed by atoms with Gasteiger partial charge < -0.3 is 21.1 Å². The second-order valence-corrected chi connectivity index (χ2v) is 6.88. The average Bonchev–Trinajstić information content (AvgIpc) is 2.69. The van der Waals surface area contributed by atoms with Gasteiger partial charge in [0.25, 0.3) is 5.91 Å². The molecule has 3 rings (SSSR count). The van der Waals surface area contributed by atoms with Gasteiger partial charge in [-0.3, -0.25) is 9.59 Å². The number of anilines is 1. The van der Waals surface area contributed by atoms with Crippen LogP contribution in [0.5, 0.6) is 0 Å². The zero-order chi connectivity index (χ0) is 20.8. The van der Waals surface area contributed by atoms with E-state index >= 15 is 0 Å². The Morgan fingerprint density at radius 3 is 2.66 bits per heavy atom. The molecule has 29 heavy (non-hydrogen) atoms. The molecule has 2 aromatic rings. The molecule has 0 saturated heterocycles. The summed E-state index contributed by atoms with van der Waals surface area (Å²) in [5.41, 5.74) is 1.48. The highest BCUT2D eigenvalue weighted by atomic mass is 19.1. The summed E-state index contributed by atoms with van der Waals surface area (Å²) in [4.78, 5) is 35.1. The minimum atomic E-state index is -0.954. The Hall–Kier alpha value is -3.42. The van der Waals surface area contributed by atoms with Gasteiger partial charge in [-0.05, 0) is 37.0 Å². The maximum Gasteiger partial charge on any atom is 0.319 e. The van der Waals surface area contributed by atoms with Crippen LogP contribution in [0.2, 0.25) is 0 Å². The Labute approximate surface area is 167 Å². The van der Waals surface area contributed by atoms with Gasteiger partial charge >= 0.3 is 12.0 Å². The first kappa shape index (κ1) is 20.3. The van der Waals surface area contributed by atoms with E-state index in [1.165, 1.54) is 12.1 Å². The van der Waals surface area contributed by atoms with Gasteiger partial charge in [-0.1, -0.05) is 30.3 Å². The van der Waals surface area contributed by atoms with E-state index < -0.39 is 23.9 Å². The zero-order valence-electron chi connectivity index (χ0n) is 15.7. The number of carboxylic acid groups (broad SMARTS) is 1. The normalized spacial score (nSPS) is 13.8. The number of hydrogen-bond donors (Lipinski definition) is 4. The molecule has 0 radical (unpaired) electrons. The molecule has 152 valence electrons. The standard InChI is InChI=1S/C21H22FN3O4/c22-19-15-10-11-23-20(28)16(15)7-8-17(19)25-21(29)24-14(6-9-18(26)27)12-13-4-2-1-3-5-13/h1-5,7-8,14H,6,9-12H2,(H,23,28)(H,26,27)(H2,24,25,29). The van der Waals surface area contributed by atoms with Crippen molar-refractivity contribution in [1.82, 2.24) is 10.6 Å². The number of nitrogens with one attached hydrogen (secondary N) is 3. The fourth-order valence-corrected chi connectivity index (χ4v) is 3.34. The van der Waals surface area contributed by atoms with Gasteiger partial charge in [0.1, 0.15) is 0 Å². The molecule has 1 aliphatic rings. The molecule has 0 aliphatic carbocycles. The average molecular weight is 399 g/mol. The molecule has 1 aliphatic heterocycles. The Morgan fingerprint density at radius 2 is 1.93 bits per heavy atom. The molecule has 7 nitrogen and oxygen atoms in total. The number of aliphatic carboxylic acids is 1. The monoisotopic (exact) mass is 399 g/mol. The summed E-state index contributed by atoms with van der Waals surface area (Å²) in [5.74, 6) is -1.92. The van der Waals surface area contributed by atoms with Crippen LogP contribution in [0, 0.1) is 5.82 Å². The third kappa shape index (κ3) is 5.31. The van der Waals surface area contributed by atoms with E-state index in [1.54, 1.807) is 0 Å². The molecule has 0 fully saturated rings. The summed E-state index contributed by atoms with van der Waals surface area (Å²) in [6.07, 6.45) is 0.943. The zero-order valence-corrected chi connectivity index (χ0v) is 15.7. The van der Waals surface area contributed by atoms with Crippen molar-refractivity contribution in [3.05, 3.63) is 65.0 Å². The van der Waals surface area contributed by atoms with Gasteiger partial charge in [0, 0.05) is 30.1 Å². The Kier molecular flexibility index (Phi) is 6.43. The first-order valence-corrected chi connectivity index (χ1v) is 9.37. The number of rotatable bonds is 7. The molecule has 0 saturated carbocycles. The highest BCUT2D eigenvalue weighted by Gasteiger charge is 2.23. The Bertz CT molecular complexity index is 918. The third-order valence-corrected chi connectivity index (χ3v) is 4.76. The van der Waals surface area contributed by atoms with Gasteiger partial charge in [0.2, 0.25) is 0 Å². The van der Waals surface area contributed by atoms with Gasteiger partial charge in [-0.15, -0.1) is 0 Å². The molecular formula is C21H22FN3O4. The number of fused-ring (bicyclic) bond motifs is 1. The quantitative estimate of drug-likeness (QED) is 0.574. The molecule has 4 N–H and O–H groups in total. The lowest BCUT2D eigenvalue weighted by molar-refractivity contribution is -0.137. The molecule has 0 bridgehead atoms. The lowest BCUT2D eigenvalue weighted by Crippen LogP contribution is -2.40. The number of carbonyl (C=O) groups excluding carboxylic acids is 2. The van der Waals surface area contributed by atoms with Crippen LogP contribution in [0.3, 0.4) is 0 Å². The van der Waals surface area contributed by atoms with E-state index in [-0.39, 0.29) is 35.6 Å². The van der Waals surface area contributed by atoms with E-state index in [9.17, 15) is 18.8 Å². The van der Waals surface area contributed by atoms with Crippen molar-refractivity contribution in [3.63, 3.8) is 0 Å². The number of hydrogen-bond acceptors (Lipinski definition) is 3. The van der Waals surface area contributed by atoms with E-state index in [4.69, 9.17) is 5.11 Å². The van der Waals surface area contributed by atoms with Crippen molar-refractivity contribution >= 4 is 23.6 Å². The van der Waals surface area contributed by atoms with E-state index in [0.717, 1.165) is 5.56 Å². The largest absolute Gasteiger partial charge is 0.481 e. The van der Waals surface area contributed by atoms with Gasteiger partial charge in [0.05, 0.1) is 5.69 Å². The van der Waals surface area contributed by atoms with Crippen molar-refractivity contribution in [3.8, 4) is 0 Å². The van der Waals surface area contributed by atoms with Crippen LogP contribution in [-0.4, -0.2) is 35.6 Å². The SMILES string of the molecule is O=C(O)CCC(Cc1ccccc1)NC(=O)Nc1ccc2c(c1F)CCNC2=O. The first-order chi connectivity index (χ1) is 13.9. The maximum absolute atomic E-state index is 14.7. The van der Waals surface area contributed by atoms with E-state index in [1.807, 2.05) is 30.3 Å². The fraction of sp³-hybridized carbons (Fsp3) is 0.286. The van der Waals surface area contributed by atoms with Crippen LogP contribution in [0.15, 0.2) is 42.5 Å². The number of amides is 3. The van der Waals surface area contributed by atoms with Crippen LogP contribution < -0.4 is 16.0 Å². The highest BCUT2D eigenvalue weighted by Crippen LogP contribution is 2.24. The van der Waals surface area contributed by atoms with Crippen molar-refractivity contribution in [1.29, 1.82) is 0 Å². The van der Waals surface area contributed by atoms with Crippen LogP contribution in [0.4, 0.5) is 14.9 Å². The van der Waals surface area contributed by atoms with Crippen LogP contribution in [0.1, 0.15) is 34.3 Å². The number of carboxylic acids is 1. The molecule has 0 spiro atoms. The second-order valence-electron chi connectivity index (χ2n) is 6.88. The number of halogens is 1. The highest BCUT2D eigenvalue weighted by molar-refractivity contribution is 5.98. The lowest BCUT2D eigenvalue weighted by Gasteiger charge is -2.21. The van der Waals surface area contributed by atoms with Crippen LogP contribution in [-0.2, 0) is 17.6 Å². The minimum absolute atomic E-state index is 0.0207. The summed E-state index contributed by atoms with van der Waals surface area (Å²) >= 11 is 0. The van der Waals surface area contributed by atoms with Crippen molar-refractivity contribution in [2.24, 2.45) is 0 Å². The Balaban J connectivity index is 1.69. The molecule has 1 heterocycles. The predicted molar refractivity (Wildman–Crippen MR) is 105 cm³/mol. The molecular weight excluding hydrogens is 377 g/mol. The maximum atomic E-state index is 14.7. The van der Waals surface area contributed by atoms with Crippen molar-refractivity contribution < 1.29 is 23.9 Å². The molecule has 0 aromatic heterocycles. The topological polar surface area (TPSA) is 108 Å². The van der Waals surface area contributed by atoms with Crippen molar-refractivity contribution in [2.45, 2.75) is 31.7 Å². The smallest absolute Gasteiger partial charge is 0.319 e. The summed E-state index contributed by atoms with van der Waals surface area (Å²) in [5, 5.41) is 16.8. The van der Waals surface area contributed by atoms with Gasteiger partial charge in [-0.25, -0.2) is 9.18 Å². The molecule has 8 heteroatoms. The van der Waals surface area contributed by atoms with E-state index in [2.05, 4.69) is 16.0 Å². The molecule has 3 amide bonds. The lowest BCUT2D eigenvalue weighted by atomic mass is 9.99. The number of carbonyl (C=O) groups is 3. The second kappa shape index (κ2) is 9.18. The molecule has 1 atom stereocenters. The summed E-state index contributed by atoms with van der Waals surface area (Å²) in [7, 11) is 0. The van der Waals surface area contributed by atoms with Gasteiger partial charge in [-0.2, -0.15) is 0 Å². The predicted octanol–water partition coefficient (Wildman–Crippen LogP) is 2.71. The van der Waals surface area contributed by atoms with Crippen LogP contribution in [0.25, 0.3) is 0 Å². The summed E-state index contributed by atoms with van der Waals surface area (Å²) < 4.78 is 14.7. The minimum Gasteiger partial charge on any atom is -0.481 e. The summed E-state index contributed by atoms with van der Waals surface area (Å²) in [6, 6.07) is 11.1. The first-order valence-electron chi connectivity index (χ1n) is 9.37. The molecule has 1 unspecified atom stereocenters. The third-order valence-electron chi connectivity index (χ3n) is 4.76. The number of urea groups is 1.